The molecule has 1 aromatic heterocycles. The number of nitrogens with zero attached hydrogens (tertiary/aromatic N) is 2. The Morgan fingerprint density at radius 3 is 2.13 bits per heavy atom. The van der Waals surface area contributed by atoms with E-state index in [0.717, 1.165) is 0 Å². The number of carbonyl (C=O) groups excluding carboxylic acids is 1. The maximum atomic E-state index is 12.6. The second-order valence-electron chi connectivity index (χ2n) is 7.09. The van der Waals surface area contributed by atoms with Gasteiger partial charge in [0, 0.05) is 17.1 Å². The van der Waals surface area contributed by atoms with E-state index < -0.39 is 33.7 Å². The maximum Gasteiger partial charge on any atom is 0.307 e. The Morgan fingerprint density at radius 1 is 1.00 bits per heavy atom. The largest absolute Gasteiger partial charge is 0.481 e. The van der Waals surface area contributed by atoms with Crippen LogP contribution in [0.3, 0.4) is 0 Å². The highest BCUT2D eigenvalue weighted by molar-refractivity contribution is 7.92. The first-order valence-corrected chi connectivity index (χ1v) is 10.8. The minimum atomic E-state index is -3.91. The predicted octanol–water partition coefficient (Wildman–Crippen LogP) is 2.50. The second-order valence-corrected chi connectivity index (χ2v) is 8.77. The summed E-state index contributed by atoms with van der Waals surface area (Å²) in [6.45, 7) is 3.47. The highest BCUT2D eigenvalue weighted by Crippen LogP contribution is 2.27. The van der Waals surface area contributed by atoms with Crippen molar-refractivity contribution in [2.24, 2.45) is 11.8 Å². The lowest BCUT2D eigenvalue weighted by atomic mass is 9.82. The van der Waals surface area contributed by atoms with Gasteiger partial charge in [-0.1, -0.05) is 12.2 Å². The lowest BCUT2D eigenvalue weighted by molar-refractivity contribution is -0.146. The zero-order chi connectivity index (χ0) is 21.9. The fourth-order valence-electron chi connectivity index (χ4n) is 3.28. The number of carboxylic acids is 1. The minimum absolute atomic E-state index is 0.0186. The lowest BCUT2D eigenvalue weighted by Crippen LogP contribution is -2.34. The molecule has 158 valence electrons. The molecule has 0 aliphatic heterocycles. The maximum absolute atomic E-state index is 12.6. The molecule has 0 spiro atoms. The Bertz CT molecular complexity index is 1080. The van der Waals surface area contributed by atoms with Crippen LogP contribution in [-0.4, -0.2) is 35.4 Å². The smallest absolute Gasteiger partial charge is 0.307 e. The molecule has 3 rings (SSSR count). The van der Waals surface area contributed by atoms with E-state index in [1.807, 2.05) is 0 Å². The number of hydrogen-bond donors (Lipinski definition) is 3. The third-order valence-electron chi connectivity index (χ3n) is 4.73. The van der Waals surface area contributed by atoms with Gasteiger partial charge in [0.25, 0.3) is 10.0 Å². The number of rotatable bonds is 6. The standard InChI is InChI=1S/C20H22N4O5S/c1-12-11-13(2)22-20(21-12)24-30(28,29)15-9-7-14(8-10-15)23-18(25)16-5-3-4-6-17(16)19(26)27/h3-4,7-11,16-17H,5-6H2,1-2H3,(H,23,25)(H,26,27)(H,21,22,24). The number of aryl methyl sites for hydroxylation is 2. The van der Waals surface area contributed by atoms with Gasteiger partial charge in [-0.15, -0.1) is 0 Å². The van der Waals surface area contributed by atoms with Gasteiger partial charge in [0.05, 0.1) is 16.7 Å². The van der Waals surface area contributed by atoms with Gasteiger partial charge in [-0.2, -0.15) is 0 Å². The molecule has 2 atom stereocenters. The summed E-state index contributed by atoms with van der Waals surface area (Å²) < 4.78 is 27.5. The van der Waals surface area contributed by atoms with Crippen LogP contribution in [0.5, 0.6) is 0 Å². The van der Waals surface area contributed by atoms with Crippen molar-refractivity contribution in [2.45, 2.75) is 31.6 Å². The van der Waals surface area contributed by atoms with E-state index >= 15 is 0 Å². The molecule has 1 aliphatic rings. The minimum Gasteiger partial charge on any atom is -0.481 e. The Morgan fingerprint density at radius 2 is 1.57 bits per heavy atom. The molecule has 1 heterocycles. The Kier molecular flexibility index (Phi) is 6.16. The van der Waals surface area contributed by atoms with Gasteiger partial charge in [0.15, 0.2) is 0 Å². The molecule has 9 nitrogen and oxygen atoms in total. The average Bonchev–Trinajstić information content (AvgIpc) is 2.67. The third kappa shape index (κ3) is 5.01. The number of sulfonamides is 1. The second kappa shape index (κ2) is 8.62. The van der Waals surface area contributed by atoms with E-state index in [-0.39, 0.29) is 10.8 Å². The van der Waals surface area contributed by atoms with Crippen LogP contribution in [0.1, 0.15) is 24.2 Å². The van der Waals surface area contributed by atoms with Gasteiger partial charge in [0.2, 0.25) is 11.9 Å². The lowest BCUT2D eigenvalue weighted by Gasteiger charge is -2.24. The van der Waals surface area contributed by atoms with Gasteiger partial charge in [0.1, 0.15) is 0 Å². The summed E-state index contributed by atoms with van der Waals surface area (Å²) in [4.78, 5) is 32.0. The molecule has 0 bridgehead atoms. The van der Waals surface area contributed by atoms with E-state index in [1.165, 1.54) is 24.3 Å². The molecule has 1 amide bonds. The number of anilines is 2. The van der Waals surface area contributed by atoms with E-state index in [9.17, 15) is 23.1 Å². The van der Waals surface area contributed by atoms with E-state index in [4.69, 9.17) is 0 Å². The summed E-state index contributed by atoms with van der Waals surface area (Å²) >= 11 is 0. The molecule has 1 aromatic carbocycles. The van der Waals surface area contributed by atoms with Crippen LogP contribution >= 0.6 is 0 Å². The van der Waals surface area contributed by atoms with Gasteiger partial charge in [-0.05, 0) is 57.0 Å². The van der Waals surface area contributed by atoms with Gasteiger partial charge in [-0.25, -0.2) is 23.1 Å². The van der Waals surface area contributed by atoms with Crippen LogP contribution in [-0.2, 0) is 19.6 Å². The van der Waals surface area contributed by atoms with Crippen LogP contribution in [0.4, 0.5) is 11.6 Å². The van der Waals surface area contributed by atoms with Crippen LogP contribution in [0.2, 0.25) is 0 Å². The number of aromatic nitrogens is 2. The molecule has 30 heavy (non-hydrogen) atoms. The first-order valence-electron chi connectivity index (χ1n) is 9.29. The summed E-state index contributed by atoms with van der Waals surface area (Å²) in [6, 6.07) is 7.31. The summed E-state index contributed by atoms with van der Waals surface area (Å²) in [6.07, 6.45) is 4.20. The van der Waals surface area contributed by atoms with E-state index in [0.29, 0.717) is 29.9 Å². The van der Waals surface area contributed by atoms with Crippen LogP contribution in [0.15, 0.2) is 47.4 Å². The zero-order valence-corrected chi connectivity index (χ0v) is 17.3. The topological polar surface area (TPSA) is 138 Å². The predicted molar refractivity (Wildman–Crippen MR) is 110 cm³/mol. The number of aliphatic carboxylic acids is 1. The first-order chi connectivity index (χ1) is 14.2. The molecule has 10 heteroatoms. The Balaban J connectivity index is 1.71. The average molecular weight is 430 g/mol. The van der Waals surface area contributed by atoms with Crippen molar-refractivity contribution in [2.75, 3.05) is 10.0 Å². The first kappa shape index (κ1) is 21.4. The molecule has 0 radical (unpaired) electrons. The van der Waals surface area contributed by atoms with Crippen molar-refractivity contribution in [3.8, 4) is 0 Å². The van der Waals surface area contributed by atoms with Crippen LogP contribution < -0.4 is 10.0 Å². The summed E-state index contributed by atoms with van der Waals surface area (Å²) in [5, 5.41) is 12.0. The molecular weight excluding hydrogens is 408 g/mol. The quantitative estimate of drug-likeness (QED) is 0.599. The Hall–Kier alpha value is -3.27. The number of hydrogen-bond acceptors (Lipinski definition) is 6. The third-order valence-corrected chi connectivity index (χ3v) is 6.07. The summed E-state index contributed by atoms with van der Waals surface area (Å²) in [5.41, 5.74) is 1.64. The number of allylic oxidation sites excluding steroid dienone is 2. The molecule has 2 aromatic rings. The van der Waals surface area contributed by atoms with Crippen LogP contribution in [0, 0.1) is 25.7 Å². The fraction of sp³-hybridized carbons (Fsp3) is 0.300. The van der Waals surface area contributed by atoms with Crippen molar-refractivity contribution < 1.29 is 23.1 Å². The molecule has 0 fully saturated rings. The highest BCUT2D eigenvalue weighted by Gasteiger charge is 2.34. The Labute approximate surface area is 174 Å². The van der Waals surface area contributed by atoms with Crippen molar-refractivity contribution in [1.82, 2.24) is 9.97 Å². The van der Waals surface area contributed by atoms with Gasteiger partial charge >= 0.3 is 5.97 Å². The number of amides is 1. The van der Waals surface area contributed by atoms with Crippen molar-refractivity contribution in [3.63, 3.8) is 0 Å². The highest BCUT2D eigenvalue weighted by atomic mass is 32.2. The van der Waals surface area contributed by atoms with Crippen molar-refractivity contribution >= 4 is 33.5 Å². The SMILES string of the molecule is Cc1cc(C)nc(NS(=O)(=O)c2ccc(NC(=O)C3CC=CCC3C(=O)O)cc2)n1. The number of carbonyl (C=O) groups is 2. The molecule has 2 unspecified atom stereocenters. The van der Waals surface area contributed by atoms with E-state index in [2.05, 4.69) is 20.0 Å². The fourth-order valence-corrected chi connectivity index (χ4v) is 4.22. The molecule has 0 saturated carbocycles. The van der Waals surface area contributed by atoms with Gasteiger partial charge < -0.3 is 10.4 Å². The molecular formula is C20H22N4O5S. The van der Waals surface area contributed by atoms with Crippen molar-refractivity contribution in [1.29, 1.82) is 0 Å². The van der Waals surface area contributed by atoms with E-state index in [1.54, 1.807) is 32.1 Å². The number of benzene rings is 1. The number of carboxylic acid groups (broad SMARTS) is 1. The molecule has 3 N–H and O–H groups in total. The summed E-state index contributed by atoms with van der Waals surface area (Å²) in [7, 11) is -3.91. The van der Waals surface area contributed by atoms with Crippen LogP contribution in [0.25, 0.3) is 0 Å². The monoisotopic (exact) mass is 430 g/mol. The zero-order valence-electron chi connectivity index (χ0n) is 16.5. The number of nitrogens with one attached hydrogen (secondary N) is 2. The van der Waals surface area contributed by atoms with Gasteiger partial charge in [-0.3, -0.25) is 9.59 Å². The van der Waals surface area contributed by atoms with Crippen molar-refractivity contribution in [3.05, 3.63) is 53.9 Å². The molecule has 1 aliphatic carbocycles. The summed E-state index contributed by atoms with van der Waals surface area (Å²) in [5.74, 6) is -2.91. The molecule has 0 saturated heterocycles. The normalized spacial score (nSPS) is 18.6.